The van der Waals surface area contributed by atoms with Crippen LogP contribution in [0.2, 0.25) is 0 Å². The molecule has 0 aliphatic carbocycles. The van der Waals surface area contributed by atoms with Gasteiger partial charge in [0.2, 0.25) is 0 Å². The van der Waals surface area contributed by atoms with Gasteiger partial charge in [-0.2, -0.15) is 13.2 Å². The Hall–Kier alpha value is -1.56. The molecular formula is C17H23F3IN5S. The SMILES string of the molecule is CN=C(NCCCNc1ccc(C(F)(F)F)cn1)NCc1ccc(C)s1.I. The molecule has 0 saturated carbocycles. The molecule has 0 atom stereocenters. The van der Waals surface area contributed by atoms with Gasteiger partial charge in [-0.15, -0.1) is 35.3 Å². The maximum absolute atomic E-state index is 12.5. The van der Waals surface area contributed by atoms with Crippen molar-refractivity contribution in [2.75, 3.05) is 25.5 Å². The highest BCUT2D eigenvalue weighted by Crippen LogP contribution is 2.28. The molecule has 5 nitrogen and oxygen atoms in total. The Bertz CT molecular complexity index is 716. The average molecular weight is 513 g/mol. The molecule has 0 radical (unpaired) electrons. The van der Waals surface area contributed by atoms with Crippen molar-refractivity contribution in [3.8, 4) is 0 Å². The smallest absolute Gasteiger partial charge is 0.370 e. The fourth-order valence-electron chi connectivity index (χ4n) is 2.15. The summed E-state index contributed by atoms with van der Waals surface area (Å²) in [5.74, 6) is 1.14. The lowest BCUT2D eigenvalue weighted by Gasteiger charge is -2.12. The summed E-state index contributed by atoms with van der Waals surface area (Å²) in [6.45, 7) is 4.05. The van der Waals surface area contributed by atoms with Crippen LogP contribution in [0.3, 0.4) is 0 Å². The first kappa shape index (κ1) is 23.5. The summed E-state index contributed by atoms with van der Waals surface area (Å²) in [6.07, 6.45) is -2.76. The second kappa shape index (κ2) is 11.3. The number of aliphatic imine (C=N–C) groups is 1. The Labute approximate surface area is 177 Å². The fraction of sp³-hybridized carbons (Fsp3) is 0.412. The lowest BCUT2D eigenvalue weighted by atomic mass is 10.3. The zero-order valence-corrected chi connectivity index (χ0v) is 18.2. The van der Waals surface area contributed by atoms with Gasteiger partial charge in [-0.3, -0.25) is 4.99 Å². The second-order valence-electron chi connectivity index (χ2n) is 5.58. The third-order valence-electron chi connectivity index (χ3n) is 3.49. The number of aryl methyl sites for hydroxylation is 1. The number of pyridine rings is 1. The van der Waals surface area contributed by atoms with E-state index in [1.807, 2.05) is 0 Å². The summed E-state index contributed by atoms with van der Waals surface area (Å²) in [5.41, 5.74) is -0.750. The number of thiophene rings is 1. The van der Waals surface area contributed by atoms with Crippen LogP contribution in [0.1, 0.15) is 21.7 Å². The van der Waals surface area contributed by atoms with Crippen molar-refractivity contribution in [2.24, 2.45) is 4.99 Å². The van der Waals surface area contributed by atoms with Crippen LogP contribution in [-0.4, -0.2) is 31.1 Å². The van der Waals surface area contributed by atoms with Crippen LogP contribution in [0.4, 0.5) is 19.0 Å². The van der Waals surface area contributed by atoms with Gasteiger partial charge in [-0.25, -0.2) is 4.98 Å². The van der Waals surface area contributed by atoms with Crippen LogP contribution in [-0.2, 0) is 12.7 Å². The highest BCUT2D eigenvalue weighted by atomic mass is 127. The monoisotopic (exact) mass is 513 g/mol. The van der Waals surface area contributed by atoms with Crippen molar-refractivity contribution in [3.63, 3.8) is 0 Å². The predicted octanol–water partition coefficient (Wildman–Crippen LogP) is 4.26. The zero-order valence-electron chi connectivity index (χ0n) is 15.1. The lowest BCUT2D eigenvalue weighted by Crippen LogP contribution is -2.37. The number of hydrogen-bond donors (Lipinski definition) is 3. The Balaban J connectivity index is 0.00000364. The third-order valence-corrected chi connectivity index (χ3v) is 4.49. The Kier molecular flexibility index (Phi) is 9.84. The highest BCUT2D eigenvalue weighted by Gasteiger charge is 2.30. The molecule has 2 aromatic rings. The van der Waals surface area contributed by atoms with Gasteiger partial charge in [-0.1, -0.05) is 0 Å². The van der Waals surface area contributed by atoms with Crippen LogP contribution in [0.25, 0.3) is 0 Å². The van der Waals surface area contributed by atoms with Gasteiger partial charge < -0.3 is 16.0 Å². The number of hydrogen-bond acceptors (Lipinski definition) is 4. The van der Waals surface area contributed by atoms with Crippen molar-refractivity contribution in [3.05, 3.63) is 45.8 Å². The summed E-state index contributed by atoms with van der Waals surface area (Å²) in [5, 5.41) is 9.43. The number of guanidine groups is 1. The number of halogens is 4. The Morgan fingerprint density at radius 1 is 1.15 bits per heavy atom. The quantitative estimate of drug-likeness (QED) is 0.224. The number of nitrogens with zero attached hydrogens (tertiary/aromatic N) is 2. The first-order chi connectivity index (χ1) is 12.4. The minimum Gasteiger partial charge on any atom is -0.370 e. The zero-order chi connectivity index (χ0) is 19.0. The molecule has 0 amide bonds. The van der Waals surface area contributed by atoms with E-state index in [0.717, 1.165) is 18.7 Å². The fourth-order valence-corrected chi connectivity index (χ4v) is 2.98. The topological polar surface area (TPSA) is 61.3 Å². The van der Waals surface area contributed by atoms with Gasteiger partial charge in [0, 0.05) is 36.1 Å². The van der Waals surface area contributed by atoms with E-state index in [0.29, 0.717) is 31.4 Å². The number of rotatable bonds is 7. The Morgan fingerprint density at radius 2 is 1.93 bits per heavy atom. The minimum atomic E-state index is -4.36. The number of nitrogens with one attached hydrogen (secondary N) is 3. The summed E-state index contributed by atoms with van der Waals surface area (Å²) < 4.78 is 37.4. The van der Waals surface area contributed by atoms with E-state index in [1.54, 1.807) is 18.4 Å². The van der Waals surface area contributed by atoms with E-state index in [1.165, 1.54) is 15.8 Å². The van der Waals surface area contributed by atoms with Crippen LogP contribution in [0.5, 0.6) is 0 Å². The van der Waals surface area contributed by atoms with Crippen molar-refractivity contribution < 1.29 is 13.2 Å². The van der Waals surface area contributed by atoms with Gasteiger partial charge in [0.25, 0.3) is 0 Å². The summed E-state index contributed by atoms with van der Waals surface area (Å²) >= 11 is 1.74. The van der Waals surface area contributed by atoms with Crippen LogP contribution in [0, 0.1) is 6.92 Å². The number of aromatic nitrogens is 1. The van der Waals surface area contributed by atoms with Gasteiger partial charge in [0.1, 0.15) is 5.82 Å². The average Bonchev–Trinajstić information content (AvgIpc) is 3.02. The number of alkyl halides is 3. The maximum atomic E-state index is 12.5. The second-order valence-corrected chi connectivity index (χ2v) is 6.95. The third kappa shape index (κ3) is 8.33. The van der Waals surface area contributed by atoms with Crippen LogP contribution >= 0.6 is 35.3 Å². The minimum absolute atomic E-state index is 0. The molecule has 0 aliphatic heterocycles. The molecule has 0 spiro atoms. The van der Waals surface area contributed by atoms with Crippen molar-refractivity contribution in [1.29, 1.82) is 0 Å². The summed E-state index contributed by atoms with van der Waals surface area (Å²) in [7, 11) is 1.71. The van der Waals surface area contributed by atoms with Gasteiger partial charge >= 0.3 is 6.18 Å². The van der Waals surface area contributed by atoms with Gasteiger partial charge in [0.05, 0.1) is 12.1 Å². The molecule has 0 fully saturated rings. The summed E-state index contributed by atoms with van der Waals surface area (Å²) in [4.78, 5) is 10.4. The van der Waals surface area contributed by atoms with E-state index in [9.17, 15) is 13.2 Å². The largest absolute Gasteiger partial charge is 0.417 e. The van der Waals surface area contributed by atoms with Gasteiger partial charge in [-0.05, 0) is 37.6 Å². The van der Waals surface area contributed by atoms with Crippen LogP contribution in [0.15, 0.2) is 35.5 Å². The van der Waals surface area contributed by atoms with Gasteiger partial charge in [0.15, 0.2) is 5.96 Å². The number of anilines is 1. The molecular weight excluding hydrogens is 490 g/mol. The highest BCUT2D eigenvalue weighted by molar-refractivity contribution is 14.0. The molecule has 0 unspecified atom stereocenters. The van der Waals surface area contributed by atoms with Crippen molar-refractivity contribution >= 4 is 47.1 Å². The molecule has 2 rings (SSSR count). The van der Waals surface area contributed by atoms with E-state index in [-0.39, 0.29) is 24.0 Å². The molecule has 0 aliphatic rings. The standard InChI is InChI=1S/C17H22F3N5S.HI/c1-12-4-6-14(26-12)11-25-16(21-2)23-9-3-8-22-15-7-5-13(10-24-15)17(18,19)20;/h4-7,10H,3,8-9,11H2,1-2H3,(H,22,24)(H2,21,23,25);1H. The predicted molar refractivity (Wildman–Crippen MR) is 115 cm³/mol. The molecule has 27 heavy (non-hydrogen) atoms. The molecule has 3 N–H and O–H groups in total. The van der Waals surface area contributed by atoms with E-state index in [4.69, 9.17) is 0 Å². The summed E-state index contributed by atoms with van der Waals surface area (Å²) in [6, 6.07) is 6.52. The normalized spacial score (nSPS) is 11.7. The Morgan fingerprint density at radius 3 is 2.48 bits per heavy atom. The molecule has 10 heteroatoms. The maximum Gasteiger partial charge on any atom is 0.417 e. The molecule has 2 aromatic heterocycles. The van der Waals surface area contributed by atoms with Crippen molar-refractivity contribution in [1.82, 2.24) is 15.6 Å². The van der Waals surface area contributed by atoms with Crippen molar-refractivity contribution in [2.45, 2.75) is 26.1 Å². The first-order valence-corrected chi connectivity index (χ1v) is 8.97. The molecule has 150 valence electrons. The molecule has 0 aromatic carbocycles. The van der Waals surface area contributed by atoms with E-state index >= 15 is 0 Å². The lowest BCUT2D eigenvalue weighted by molar-refractivity contribution is -0.137. The molecule has 0 bridgehead atoms. The first-order valence-electron chi connectivity index (χ1n) is 8.15. The van der Waals surface area contributed by atoms with Crippen LogP contribution < -0.4 is 16.0 Å². The van der Waals surface area contributed by atoms with E-state index in [2.05, 4.69) is 45.0 Å². The van der Waals surface area contributed by atoms with E-state index < -0.39 is 11.7 Å². The molecule has 0 saturated heterocycles. The molecule has 2 heterocycles.